The monoisotopic (exact) mass is 289 g/mol. The second-order valence-corrected chi connectivity index (χ2v) is 6.84. The molecule has 0 spiro atoms. The number of aliphatic hydroxyl groups is 1. The summed E-state index contributed by atoms with van der Waals surface area (Å²) in [6.45, 7) is 11.1. The summed E-state index contributed by atoms with van der Waals surface area (Å²) < 4.78 is 0. The molecule has 2 unspecified atom stereocenters. The lowest BCUT2D eigenvalue weighted by atomic mass is 9.74. The SMILES string of the molecule is CCC1(CC)CCN(C(C)C(O)c2ccc(C)cc2)CC1. The molecule has 0 aromatic heterocycles. The van der Waals surface area contributed by atoms with Gasteiger partial charge in [0.15, 0.2) is 0 Å². The number of piperidine rings is 1. The number of likely N-dealkylation sites (tertiary alicyclic amines) is 1. The van der Waals surface area contributed by atoms with E-state index < -0.39 is 0 Å². The highest BCUT2D eigenvalue weighted by atomic mass is 16.3. The summed E-state index contributed by atoms with van der Waals surface area (Å²) in [7, 11) is 0. The van der Waals surface area contributed by atoms with Crippen molar-refractivity contribution in [2.75, 3.05) is 13.1 Å². The number of rotatable bonds is 5. The Morgan fingerprint density at radius 2 is 1.62 bits per heavy atom. The maximum atomic E-state index is 10.6. The number of hydrogen-bond donors (Lipinski definition) is 1. The number of aryl methyl sites for hydroxylation is 1. The van der Waals surface area contributed by atoms with Gasteiger partial charge in [0, 0.05) is 6.04 Å². The Bertz CT molecular complexity index is 425. The Balaban J connectivity index is 1.98. The van der Waals surface area contributed by atoms with Crippen LogP contribution in [-0.2, 0) is 0 Å². The molecule has 118 valence electrons. The second-order valence-electron chi connectivity index (χ2n) is 6.84. The molecular weight excluding hydrogens is 258 g/mol. The third-order valence-corrected chi connectivity index (χ3v) is 5.81. The van der Waals surface area contributed by atoms with Crippen molar-refractivity contribution in [3.63, 3.8) is 0 Å². The van der Waals surface area contributed by atoms with Crippen molar-refractivity contribution in [1.29, 1.82) is 0 Å². The zero-order chi connectivity index (χ0) is 15.5. The zero-order valence-corrected chi connectivity index (χ0v) is 14.1. The van der Waals surface area contributed by atoms with Crippen LogP contribution in [0.4, 0.5) is 0 Å². The van der Waals surface area contributed by atoms with E-state index in [1.165, 1.54) is 31.2 Å². The van der Waals surface area contributed by atoms with Gasteiger partial charge in [0.2, 0.25) is 0 Å². The minimum atomic E-state index is -0.388. The molecular formula is C19H31NO. The van der Waals surface area contributed by atoms with Crippen LogP contribution in [0.5, 0.6) is 0 Å². The van der Waals surface area contributed by atoms with Crippen molar-refractivity contribution >= 4 is 0 Å². The molecule has 21 heavy (non-hydrogen) atoms. The molecule has 0 bridgehead atoms. The molecule has 0 saturated carbocycles. The first kappa shape index (κ1) is 16.5. The van der Waals surface area contributed by atoms with Crippen LogP contribution in [0.3, 0.4) is 0 Å². The smallest absolute Gasteiger partial charge is 0.0942 e. The van der Waals surface area contributed by atoms with Crippen LogP contribution in [0.1, 0.15) is 63.7 Å². The van der Waals surface area contributed by atoms with Gasteiger partial charge in [-0.1, -0.05) is 56.5 Å². The van der Waals surface area contributed by atoms with Crippen LogP contribution >= 0.6 is 0 Å². The largest absolute Gasteiger partial charge is 0.387 e. The van der Waals surface area contributed by atoms with E-state index in [1.54, 1.807) is 0 Å². The minimum Gasteiger partial charge on any atom is -0.387 e. The second kappa shape index (κ2) is 6.93. The minimum absolute atomic E-state index is 0.194. The molecule has 1 aliphatic rings. The molecule has 2 heteroatoms. The van der Waals surface area contributed by atoms with Gasteiger partial charge in [0.05, 0.1) is 6.10 Å². The molecule has 0 amide bonds. The molecule has 2 rings (SSSR count). The highest BCUT2D eigenvalue weighted by Crippen LogP contribution is 2.39. The van der Waals surface area contributed by atoms with E-state index in [1.807, 2.05) is 0 Å². The summed E-state index contributed by atoms with van der Waals surface area (Å²) in [6.07, 6.45) is 4.72. The van der Waals surface area contributed by atoms with E-state index in [9.17, 15) is 5.11 Å². The van der Waals surface area contributed by atoms with E-state index in [-0.39, 0.29) is 12.1 Å². The number of aliphatic hydroxyl groups excluding tert-OH is 1. The predicted molar refractivity (Wildman–Crippen MR) is 89.4 cm³/mol. The Hall–Kier alpha value is -0.860. The number of nitrogens with zero attached hydrogens (tertiary/aromatic N) is 1. The van der Waals surface area contributed by atoms with Gasteiger partial charge in [-0.3, -0.25) is 4.90 Å². The third-order valence-electron chi connectivity index (χ3n) is 5.81. The van der Waals surface area contributed by atoms with Crippen LogP contribution < -0.4 is 0 Å². The average Bonchev–Trinajstić information content (AvgIpc) is 2.54. The first-order valence-corrected chi connectivity index (χ1v) is 8.50. The standard InChI is InChI=1S/C19H31NO/c1-5-19(6-2)11-13-20(14-12-19)16(4)18(21)17-9-7-15(3)8-10-17/h7-10,16,18,21H,5-6,11-14H2,1-4H3. The predicted octanol–water partition coefficient (Wildman–Crippen LogP) is 4.32. The first-order chi connectivity index (χ1) is 10.0. The molecule has 1 N–H and O–H groups in total. The molecule has 1 heterocycles. The maximum absolute atomic E-state index is 10.6. The molecule has 1 saturated heterocycles. The lowest BCUT2D eigenvalue weighted by molar-refractivity contribution is 0.0121. The molecule has 0 radical (unpaired) electrons. The Labute approximate surface area is 130 Å². The van der Waals surface area contributed by atoms with Gasteiger partial charge >= 0.3 is 0 Å². The Morgan fingerprint density at radius 1 is 1.10 bits per heavy atom. The summed E-state index contributed by atoms with van der Waals surface area (Å²) >= 11 is 0. The van der Waals surface area contributed by atoms with Crippen molar-refractivity contribution < 1.29 is 5.11 Å². The van der Waals surface area contributed by atoms with Gasteiger partial charge in [-0.2, -0.15) is 0 Å². The molecule has 2 nitrogen and oxygen atoms in total. The normalized spacial score (nSPS) is 22.0. The summed E-state index contributed by atoms with van der Waals surface area (Å²) in [5.41, 5.74) is 2.83. The fraction of sp³-hybridized carbons (Fsp3) is 0.684. The van der Waals surface area contributed by atoms with Crippen molar-refractivity contribution in [2.24, 2.45) is 5.41 Å². The molecule has 1 fully saturated rings. The Morgan fingerprint density at radius 3 is 2.10 bits per heavy atom. The highest BCUT2D eigenvalue weighted by molar-refractivity contribution is 5.24. The summed E-state index contributed by atoms with van der Waals surface area (Å²) in [6, 6.07) is 8.48. The van der Waals surface area contributed by atoms with Crippen LogP contribution in [0.15, 0.2) is 24.3 Å². The first-order valence-electron chi connectivity index (χ1n) is 8.50. The lowest BCUT2D eigenvalue weighted by Gasteiger charge is -2.44. The van der Waals surface area contributed by atoms with Crippen molar-refractivity contribution in [3.05, 3.63) is 35.4 Å². The molecule has 0 aliphatic carbocycles. The van der Waals surface area contributed by atoms with Crippen LogP contribution in [-0.4, -0.2) is 29.1 Å². The summed E-state index contributed by atoms with van der Waals surface area (Å²) in [4.78, 5) is 2.47. The average molecular weight is 289 g/mol. The van der Waals surface area contributed by atoms with E-state index in [0.717, 1.165) is 18.7 Å². The van der Waals surface area contributed by atoms with E-state index in [2.05, 4.69) is 56.9 Å². The van der Waals surface area contributed by atoms with Gasteiger partial charge in [0.1, 0.15) is 0 Å². The van der Waals surface area contributed by atoms with Crippen LogP contribution in [0.25, 0.3) is 0 Å². The van der Waals surface area contributed by atoms with Crippen LogP contribution in [0, 0.1) is 12.3 Å². The fourth-order valence-electron chi connectivity index (χ4n) is 3.60. The number of hydrogen-bond acceptors (Lipinski definition) is 2. The van der Waals surface area contributed by atoms with E-state index in [0.29, 0.717) is 5.41 Å². The summed E-state index contributed by atoms with van der Waals surface area (Å²) in [5, 5.41) is 10.6. The number of benzene rings is 1. The Kier molecular flexibility index (Phi) is 5.45. The van der Waals surface area contributed by atoms with Gasteiger partial charge < -0.3 is 5.11 Å². The fourth-order valence-corrected chi connectivity index (χ4v) is 3.60. The maximum Gasteiger partial charge on any atom is 0.0942 e. The molecule has 1 aromatic carbocycles. The van der Waals surface area contributed by atoms with Gasteiger partial charge in [0.25, 0.3) is 0 Å². The highest BCUT2D eigenvalue weighted by Gasteiger charge is 2.34. The molecule has 2 atom stereocenters. The van der Waals surface area contributed by atoms with Crippen molar-refractivity contribution in [3.8, 4) is 0 Å². The third kappa shape index (κ3) is 3.67. The van der Waals surface area contributed by atoms with Crippen molar-refractivity contribution in [2.45, 2.75) is 65.5 Å². The topological polar surface area (TPSA) is 23.5 Å². The quantitative estimate of drug-likeness (QED) is 0.872. The zero-order valence-electron chi connectivity index (χ0n) is 14.1. The van der Waals surface area contributed by atoms with Gasteiger partial charge in [-0.05, 0) is 50.8 Å². The van der Waals surface area contributed by atoms with Crippen LogP contribution in [0.2, 0.25) is 0 Å². The van der Waals surface area contributed by atoms with E-state index in [4.69, 9.17) is 0 Å². The van der Waals surface area contributed by atoms with Gasteiger partial charge in [-0.25, -0.2) is 0 Å². The summed E-state index contributed by atoms with van der Waals surface area (Å²) in [5.74, 6) is 0. The lowest BCUT2D eigenvalue weighted by Crippen LogP contribution is -2.46. The molecule has 1 aliphatic heterocycles. The van der Waals surface area contributed by atoms with Crippen molar-refractivity contribution in [1.82, 2.24) is 4.90 Å². The molecule has 1 aromatic rings. The van der Waals surface area contributed by atoms with E-state index >= 15 is 0 Å². The van der Waals surface area contributed by atoms with Gasteiger partial charge in [-0.15, -0.1) is 0 Å².